The highest BCUT2D eigenvalue weighted by atomic mass is 79.9. The first-order chi connectivity index (χ1) is 10.8. The summed E-state index contributed by atoms with van der Waals surface area (Å²) in [6, 6.07) is 3.50. The van der Waals surface area contributed by atoms with Gasteiger partial charge in [-0.15, -0.1) is 0 Å². The third kappa shape index (κ3) is 5.04. The average molecular weight is 403 g/mol. The minimum Gasteiger partial charge on any atom is -0.493 e. The number of ether oxygens (including phenoxy) is 2. The lowest BCUT2D eigenvalue weighted by atomic mass is 10.1. The minimum absolute atomic E-state index is 0.135. The van der Waals surface area contributed by atoms with Crippen molar-refractivity contribution in [2.75, 3.05) is 25.2 Å². The molecule has 5 heteroatoms. The van der Waals surface area contributed by atoms with Crippen molar-refractivity contribution < 1.29 is 13.9 Å². The Morgan fingerprint density at radius 1 is 1.30 bits per heavy atom. The second-order valence-corrected chi connectivity index (χ2v) is 12.2. The Bertz CT molecular complexity index is 534. The first kappa shape index (κ1) is 18.9. The van der Waals surface area contributed by atoms with Crippen LogP contribution in [0.1, 0.15) is 25.0 Å². The molecule has 2 rings (SSSR count). The van der Waals surface area contributed by atoms with Gasteiger partial charge in [-0.05, 0) is 41.0 Å². The molecule has 0 bridgehead atoms. The van der Waals surface area contributed by atoms with Crippen LogP contribution < -0.4 is 4.74 Å². The average Bonchev–Trinajstić information content (AvgIpc) is 2.88. The molecule has 0 saturated heterocycles. The van der Waals surface area contributed by atoms with Crippen LogP contribution >= 0.6 is 15.9 Å². The van der Waals surface area contributed by atoms with Crippen LogP contribution in [0.5, 0.6) is 5.75 Å². The van der Waals surface area contributed by atoms with Gasteiger partial charge in [0.2, 0.25) is 0 Å². The van der Waals surface area contributed by atoms with Crippen molar-refractivity contribution in [1.29, 1.82) is 0 Å². The Morgan fingerprint density at radius 3 is 2.70 bits per heavy atom. The van der Waals surface area contributed by atoms with Gasteiger partial charge in [0.05, 0.1) is 13.2 Å². The van der Waals surface area contributed by atoms with Crippen molar-refractivity contribution in [2.24, 2.45) is 5.92 Å². The molecule has 0 spiro atoms. The fraction of sp³-hybridized carbons (Fsp3) is 0.667. The van der Waals surface area contributed by atoms with E-state index >= 15 is 0 Å². The van der Waals surface area contributed by atoms with Crippen molar-refractivity contribution in [2.45, 2.75) is 44.8 Å². The fourth-order valence-corrected chi connectivity index (χ4v) is 3.37. The zero-order valence-electron chi connectivity index (χ0n) is 14.6. The van der Waals surface area contributed by atoms with Gasteiger partial charge in [-0.3, -0.25) is 0 Å². The summed E-state index contributed by atoms with van der Waals surface area (Å²) >= 11 is 3.32. The molecule has 0 radical (unpaired) electrons. The molecule has 2 nitrogen and oxygen atoms in total. The number of hydrogen-bond acceptors (Lipinski definition) is 2. The number of hydrogen-bond donors (Lipinski definition) is 0. The van der Waals surface area contributed by atoms with Crippen LogP contribution in [0, 0.1) is 11.7 Å². The molecule has 130 valence electrons. The first-order valence-corrected chi connectivity index (χ1v) is 12.4. The number of rotatable bonds is 8. The summed E-state index contributed by atoms with van der Waals surface area (Å²) in [7, 11) is -0.736. The maximum Gasteiger partial charge on any atom is 0.130 e. The highest BCUT2D eigenvalue weighted by Crippen LogP contribution is 2.34. The van der Waals surface area contributed by atoms with Gasteiger partial charge in [0, 0.05) is 26.8 Å². The Labute approximate surface area is 149 Å². The summed E-state index contributed by atoms with van der Waals surface area (Å²) in [5, 5.41) is 1.06. The van der Waals surface area contributed by atoms with Crippen molar-refractivity contribution in [3.63, 3.8) is 0 Å². The Hall–Kier alpha value is -0.393. The fourth-order valence-electron chi connectivity index (χ4n) is 2.76. The monoisotopic (exact) mass is 402 g/mol. The van der Waals surface area contributed by atoms with E-state index in [1.165, 1.54) is 6.07 Å². The normalized spacial score (nSPS) is 17.6. The first-order valence-electron chi connectivity index (χ1n) is 8.41. The van der Waals surface area contributed by atoms with Crippen molar-refractivity contribution in [3.8, 4) is 5.75 Å². The number of alkyl halides is 1. The van der Waals surface area contributed by atoms with Crippen molar-refractivity contribution >= 4 is 24.7 Å². The molecular weight excluding hydrogens is 375 g/mol. The number of halogens is 2. The van der Waals surface area contributed by atoms with E-state index < -0.39 is 8.80 Å². The van der Waals surface area contributed by atoms with Crippen LogP contribution in [0.2, 0.25) is 18.1 Å². The minimum atomic E-state index is -0.736. The van der Waals surface area contributed by atoms with Gasteiger partial charge in [0.25, 0.3) is 0 Å². The van der Waals surface area contributed by atoms with Crippen LogP contribution in [-0.2, 0) is 17.6 Å². The standard InChI is InChI=1S/C18H28BrFO2Si/c1-18(2,23(3)4)12-21-11-13-7-14-9-15(22-6-5-19)10-17(20)16(14)8-13/h9-10,13,23H,5-8,11-12H2,1-4H3. The second-order valence-electron chi connectivity index (χ2n) is 7.51. The van der Waals surface area contributed by atoms with Gasteiger partial charge in [-0.25, -0.2) is 4.39 Å². The third-order valence-electron chi connectivity index (χ3n) is 5.00. The molecule has 23 heavy (non-hydrogen) atoms. The van der Waals surface area contributed by atoms with Crippen molar-refractivity contribution in [3.05, 3.63) is 29.1 Å². The van der Waals surface area contributed by atoms with Crippen molar-refractivity contribution in [1.82, 2.24) is 0 Å². The number of fused-ring (bicyclic) bond motifs is 1. The van der Waals surface area contributed by atoms with Crippen LogP contribution in [-0.4, -0.2) is 33.9 Å². The zero-order chi connectivity index (χ0) is 17.0. The van der Waals surface area contributed by atoms with E-state index in [-0.39, 0.29) is 5.82 Å². The maximum atomic E-state index is 14.2. The SMILES string of the molecule is C[SiH](C)C(C)(C)COCC1Cc2cc(OCCBr)cc(F)c2C1. The molecule has 0 N–H and O–H groups in total. The Morgan fingerprint density at radius 2 is 2.04 bits per heavy atom. The van der Waals surface area contributed by atoms with E-state index in [1.54, 1.807) is 0 Å². The van der Waals surface area contributed by atoms with E-state index in [4.69, 9.17) is 9.47 Å². The largest absolute Gasteiger partial charge is 0.493 e. The summed E-state index contributed by atoms with van der Waals surface area (Å²) in [6.07, 6.45) is 1.66. The summed E-state index contributed by atoms with van der Waals surface area (Å²) in [5.41, 5.74) is 1.93. The highest BCUT2D eigenvalue weighted by molar-refractivity contribution is 9.09. The topological polar surface area (TPSA) is 18.5 Å². The van der Waals surface area contributed by atoms with Gasteiger partial charge in [0.1, 0.15) is 11.6 Å². The molecule has 1 unspecified atom stereocenters. The summed E-state index contributed by atoms with van der Waals surface area (Å²) in [6.45, 7) is 11.4. The third-order valence-corrected chi connectivity index (χ3v) is 8.62. The molecule has 1 aliphatic carbocycles. The van der Waals surface area contributed by atoms with Gasteiger partial charge >= 0.3 is 0 Å². The van der Waals surface area contributed by atoms with E-state index in [0.29, 0.717) is 23.3 Å². The molecule has 0 saturated carbocycles. The van der Waals surface area contributed by atoms with E-state index in [0.717, 1.165) is 42.5 Å². The molecule has 0 heterocycles. The van der Waals surface area contributed by atoms with E-state index in [2.05, 4.69) is 42.9 Å². The summed E-state index contributed by atoms with van der Waals surface area (Å²) in [5.74, 6) is 0.884. The smallest absolute Gasteiger partial charge is 0.130 e. The van der Waals surface area contributed by atoms with Crippen LogP contribution in [0.25, 0.3) is 0 Å². The van der Waals surface area contributed by atoms with E-state index in [9.17, 15) is 4.39 Å². The molecule has 1 aromatic rings. The van der Waals surface area contributed by atoms with Crippen LogP contribution in [0.15, 0.2) is 12.1 Å². The molecule has 0 aliphatic heterocycles. The molecule has 0 fully saturated rings. The van der Waals surface area contributed by atoms with Gasteiger partial charge in [-0.2, -0.15) is 0 Å². The molecule has 1 atom stereocenters. The molecule has 1 aromatic carbocycles. The molecule has 0 amide bonds. The highest BCUT2D eigenvalue weighted by Gasteiger charge is 2.28. The Balaban J connectivity index is 1.90. The lowest BCUT2D eigenvalue weighted by molar-refractivity contribution is 0.0851. The van der Waals surface area contributed by atoms with E-state index in [1.807, 2.05) is 6.07 Å². The lowest BCUT2D eigenvalue weighted by Crippen LogP contribution is -2.27. The number of benzene rings is 1. The molecule has 1 aliphatic rings. The predicted molar refractivity (Wildman–Crippen MR) is 100 cm³/mol. The summed E-state index contributed by atoms with van der Waals surface area (Å²) in [4.78, 5) is 0. The second kappa shape index (κ2) is 8.12. The lowest BCUT2D eigenvalue weighted by Gasteiger charge is -2.28. The van der Waals surface area contributed by atoms with Gasteiger partial charge < -0.3 is 9.47 Å². The molecular formula is C18H28BrFO2Si. The zero-order valence-corrected chi connectivity index (χ0v) is 17.4. The maximum absolute atomic E-state index is 14.2. The molecule has 0 aromatic heterocycles. The summed E-state index contributed by atoms with van der Waals surface area (Å²) < 4.78 is 25.8. The van der Waals surface area contributed by atoms with Gasteiger partial charge in [0.15, 0.2) is 0 Å². The quantitative estimate of drug-likeness (QED) is 0.467. The predicted octanol–water partition coefficient (Wildman–Crippen LogP) is 4.60. The Kier molecular flexibility index (Phi) is 6.69. The van der Waals surface area contributed by atoms with Crippen LogP contribution in [0.4, 0.5) is 4.39 Å². The van der Waals surface area contributed by atoms with Gasteiger partial charge in [-0.1, -0.05) is 42.9 Å². The van der Waals surface area contributed by atoms with Crippen LogP contribution in [0.3, 0.4) is 0 Å².